The van der Waals surface area contributed by atoms with Crippen molar-refractivity contribution in [2.45, 2.75) is 31.7 Å². The van der Waals surface area contributed by atoms with Gasteiger partial charge < -0.3 is 0 Å². The largest absolute Gasteiger partial charge is 0.272 e. The first-order valence-electron chi connectivity index (χ1n) is 6.00. The maximum absolute atomic E-state index is 6.17. The highest BCUT2D eigenvalue weighted by molar-refractivity contribution is 6.20. The van der Waals surface area contributed by atoms with Crippen LogP contribution in [0, 0.1) is 0 Å². The van der Waals surface area contributed by atoms with Crippen LogP contribution in [0.15, 0.2) is 42.7 Å². The van der Waals surface area contributed by atoms with Crippen LogP contribution in [-0.2, 0) is 13.0 Å². The van der Waals surface area contributed by atoms with Crippen molar-refractivity contribution >= 4 is 11.6 Å². The van der Waals surface area contributed by atoms with Gasteiger partial charge in [0.2, 0.25) is 0 Å². The average Bonchev–Trinajstić information content (AvgIpc) is 2.85. The number of nitrogens with zero attached hydrogens (tertiary/aromatic N) is 2. The van der Waals surface area contributed by atoms with Crippen LogP contribution in [0.5, 0.6) is 0 Å². The lowest BCUT2D eigenvalue weighted by Gasteiger charge is -2.03. The van der Waals surface area contributed by atoms with Crippen molar-refractivity contribution in [2.24, 2.45) is 0 Å². The standard InChI is InChI=1S/C14H17ClN2/c1-2-14(15)13-10-16-17(11-13)9-8-12-6-4-3-5-7-12/h3-7,10-11,14H,2,8-9H2,1H3. The zero-order valence-electron chi connectivity index (χ0n) is 10.0. The predicted octanol–water partition coefficient (Wildman–Crippen LogP) is 3.82. The quantitative estimate of drug-likeness (QED) is 0.736. The Morgan fingerprint density at radius 1 is 1.29 bits per heavy atom. The van der Waals surface area contributed by atoms with Gasteiger partial charge >= 0.3 is 0 Å². The summed E-state index contributed by atoms with van der Waals surface area (Å²) in [5.74, 6) is 0. The van der Waals surface area contributed by atoms with Gasteiger partial charge in [-0.2, -0.15) is 5.10 Å². The Bertz CT molecular complexity index is 450. The van der Waals surface area contributed by atoms with Gasteiger partial charge in [0.25, 0.3) is 0 Å². The molecule has 17 heavy (non-hydrogen) atoms. The monoisotopic (exact) mass is 248 g/mol. The van der Waals surface area contributed by atoms with E-state index >= 15 is 0 Å². The molecule has 2 aromatic rings. The molecule has 1 unspecified atom stereocenters. The van der Waals surface area contributed by atoms with Crippen LogP contribution in [0.2, 0.25) is 0 Å². The van der Waals surface area contributed by atoms with Gasteiger partial charge in [-0.25, -0.2) is 0 Å². The van der Waals surface area contributed by atoms with Gasteiger partial charge in [-0.3, -0.25) is 4.68 Å². The molecule has 90 valence electrons. The minimum atomic E-state index is 0.0838. The summed E-state index contributed by atoms with van der Waals surface area (Å²) >= 11 is 6.17. The van der Waals surface area contributed by atoms with Crippen molar-refractivity contribution in [1.82, 2.24) is 9.78 Å². The molecule has 0 fully saturated rings. The van der Waals surface area contributed by atoms with Crippen molar-refractivity contribution in [3.05, 3.63) is 53.9 Å². The number of aromatic nitrogens is 2. The Hall–Kier alpha value is -1.28. The van der Waals surface area contributed by atoms with Crippen molar-refractivity contribution in [1.29, 1.82) is 0 Å². The lowest BCUT2D eigenvalue weighted by atomic mass is 10.1. The fourth-order valence-electron chi connectivity index (χ4n) is 1.79. The Morgan fingerprint density at radius 3 is 2.76 bits per heavy atom. The third-order valence-electron chi connectivity index (χ3n) is 2.85. The minimum absolute atomic E-state index is 0.0838. The molecule has 0 spiro atoms. The van der Waals surface area contributed by atoms with Crippen LogP contribution in [-0.4, -0.2) is 9.78 Å². The van der Waals surface area contributed by atoms with Gasteiger partial charge in [0.1, 0.15) is 0 Å². The molecule has 1 heterocycles. The van der Waals surface area contributed by atoms with Crippen molar-refractivity contribution in [2.75, 3.05) is 0 Å². The van der Waals surface area contributed by atoms with Gasteiger partial charge in [-0.05, 0) is 18.4 Å². The topological polar surface area (TPSA) is 17.8 Å². The second kappa shape index (κ2) is 5.87. The maximum Gasteiger partial charge on any atom is 0.0613 e. The molecule has 1 atom stereocenters. The fraction of sp³-hybridized carbons (Fsp3) is 0.357. The highest BCUT2D eigenvalue weighted by Crippen LogP contribution is 2.22. The van der Waals surface area contributed by atoms with Crippen LogP contribution in [0.3, 0.4) is 0 Å². The molecule has 0 radical (unpaired) electrons. The van der Waals surface area contributed by atoms with Crippen LogP contribution < -0.4 is 0 Å². The first-order valence-corrected chi connectivity index (χ1v) is 6.43. The summed E-state index contributed by atoms with van der Waals surface area (Å²) in [5, 5.41) is 4.42. The van der Waals surface area contributed by atoms with Gasteiger partial charge in [-0.1, -0.05) is 37.3 Å². The molecule has 0 saturated carbocycles. The molecular formula is C14H17ClN2. The zero-order chi connectivity index (χ0) is 12.1. The Balaban J connectivity index is 1.94. The second-order valence-electron chi connectivity index (χ2n) is 4.15. The molecule has 3 heteroatoms. The number of alkyl halides is 1. The zero-order valence-corrected chi connectivity index (χ0v) is 10.8. The molecule has 1 aromatic carbocycles. The van der Waals surface area contributed by atoms with Crippen molar-refractivity contribution in [3.63, 3.8) is 0 Å². The molecule has 1 aromatic heterocycles. The normalized spacial score (nSPS) is 12.6. The van der Waals surface area contributed by atoms with Crippen molar-refractivity contribution in [3.8, 4) is 0 Å². The minimum Gasteiger partial charge on any atom is -0.272 e. The van der Waals surface area contributed by atoms with E-state index in [1.54, 1.807) is 0 Å². The molecule has 2 nitrogen and oxygen atoms in total. The van der Waals surface area contributed by atoms with Crippen LogP contribution in [0.4, 0.5) is 0 Å². The molecule has 0 saturated heterocycles. The van der Waals surface area contributed by atoms with E-state index in [9.17, 15) is 0 Å². The number of benzene rings is 1. The van der Waals surface area contributed by atoms with E-state index in [-0.39, 0.29) is 5.38 Å². The molecule has 0 aliphatic carbocycles. The number of hydrogen-bond acceptors (Lipinski definition) is 1. The highest BCUT2D eigenvalue weighted by Gasteiger charge is 2.07. The number of halogens is 1. The Labute approximate surface area is 107 Å². The summed E-state index contributed by atoms with van der Waals surface area (Å²) in [5.41, 5.74) is 2.45. The smallest absolute Gasteiger partial charge is 0.0613 e. The first kappa shape index (κ1) is 12.2. The Morgan fingerprint density at radius 2 is 2.06 bits per heavy atom. The number of aryl methyl sites for hydroxylation is 2. The van der Waals surface area contributed by atoms with Crippen LogP contribution >= 0.6 is 11.6 Å². The van der Waals surface area contributed by atoms with E-state index in [2.05, 4.69) is 36.3 Å². The molecule has 0 amide bonds. The van der Waals surface area contributed by atoms with Gasteiger partial charge in [0, 0.05) is 18.3 Å². The summed E-state index contributed by atoms with van der Waals surface area (Å²) in [4.78, 5) is 0. The Kier molecular flexibility index (Phi) is 4.21. The third-order valence-corrected chi connectivity index (χ3v) is 3.41. The van der Waals surface area contributed by atoms with E-state index in [1.807, 2.05) is 23.1 Å². The lowest BCUT2D eigenvalue weighted by Crippen LogP contribution is -2.01. The van der Waals surface area contributed by atoms with E-state index in [4.69, 9.17) is 11.6 Å². The predicted molar refractivity (Wildman–Crippen MR) is 71.3 cm³/mol. The van der Waals surface area contributed by atoms with E-state index in [1.165, 1.54) is 5.56 Å². The molecular weight excluding hydrogens is 232 g/mol. The third kappa shape index (κ3) is 3.34. The summed E-state index contributed by atoms with van der Waals surface area (Å²) in [6, 6.07) is 10.4. The van der Waals surface area contributed by atoms with Gasteiger partial charge in [0.05, 0.1) is 11.6 Å². The van der Waals surface area contributed by atoms with E-state index < -0.39 is 0 Å². The molecule has 0 N–H and O–H groups in total. The molecule has 2 rings (SSSR count). The molecule has 0 aliphatic heterocycles. The van der Waals surface area contributed by atoms with E-state index in [0.717, 1.165) is 24.9 Å². The number of hydrogen-bond donors (Lipinski definition) is 0. The molecule has 0 bridgehead atoms. The van der Waals surface area contributed by atoms with Gasteiger partial charge in [0.15, 0.2) is 0 Å². The highest BCUT2D eigenvalue weighted by atomic mass is 35.5. The number of rotatable bonds is 5. The summed E-state index contributed by atoms with van der Waals surface area (Å²) in [7, 11) is 0. The fourth-order valence-corrected chi connectivity index (χ4v) is 1.90. The second-order valence-corrected chi connectivity index (χ2v) is 4.67. The molecule has 0 aliphatic rings. The SMILES string of the molecule is CCC(Cl)c1cnn(CCc2ccccc2)c1. The van der Waals surface area contributed by atoms with Crippen LogP contribution in [0.25, 0.3) is 0 Å². The van der Waals surface area contributed by atoms with Crippen molar-refractivity contribution < 1.29 is 0 Å². The summed E-state index contributed by atoms with van der Waals surface area (Å²) in [6.45, 7) is 2.98. The lowest BCUT2D eigenvalue weighted by molar-refractivity contribution is 0.614. The first-order chi connectivity index (χ1) is 8.29. The van der Waals surface area contributed by atoms with Gasteiger partial charge in [-0.15, -0.1) is 11.6 Å². The summed E-state index contributed by atoms with van der Waals surface area (Å²) in [6.07, 6.45) is 5.85. The van der Waals surface area contributed by atoms with E-state index in [0.29, 0.717) is 0 Å². The average molecular weight is 249 g/mol. The van der Waals surface area contributed by atoms with Crippen LogP contribution in [0.1, 0.15) is 29.8 Å². The maximum atomic E-state index is 6.17. The summed E-state index contributed by atoms with van der Waals surface area (Å²) < 4.78 is 1.97.